The van der Waals surface area contributed by atoms with Crippen molar-refractivity contribution in [1.29, 1.82) is 0 Å². The molecular formula is C19H29FIN5. The van der Waals surface area contributed by atoms with Crippen LogP contribution in [-0.4, -0.2) is 40.8 Å². The molecular weight excluding hydrogens is 444 g/mol. The van der Waals surface area contributed by atoms with E-state index >= 15 is 0 Å². The van der Waals surface area contributed by atoms with Crippen LogP contribution in [0.3, 0.4) is 0 Å². The van der Waals surface area contributed by atoms with Crippen molar-refractivity contribution in [3.63, 3.8) is 0 Å². The van der Waals surface area contributed by atoms with Gasteiger partial charge in [-0.25, -0.2) is 4.39 Å². The van der Waals surface area contributed by atoms with E-state index in [0.717, 1.165) is 36.7 Å². The SMILES string of the molecule is CCNC(=NCCCn1nc(C)cc1C)N(C)Cc1cccc(F)c1.I. The molecule has 7 heteroatoms. The summed E-state index contributed by atoms with van der Waals surface area (Å²) in [6, 6.07) is 8.76. The molecule has 0 amide bonds. The first-order valence-corrected chi connectivity index (χ1v) is 8.74. The van der Waals surface area contributed by atoms with E-state index in [-0.39, 0.29) is 29.8 Å². The van der Waals surface area contributed by atoms with Gasteiger partial charge < -0.3 is 10.2 Å². The first kappa shape index (κ1) is 22.4. The van der Waals surface area contributed by atoms with Crippen LogP contribution in [0.1, 0.15) is 30.3 Å². The van der Waals surface area contributed by atoms with Gasteiger partial charge in [0.25, 0.3) is 0 Å². The molecule has 0 saturated carbocycles. The predicted molar refractivity (Wildman–Crippen MR) is 116 cm³/mol. The third-order valence-electron chi connectivity index (χ3n) is 3.90. The zero-order chi connectivity index (χ0) is 18.2. The zero-order valence-corrected chi connectivity index (χ0v) is 18.3. The highest BCUT2D eigenvalue weighted by atomic mass is 127. The topological polar surface area (TPSA) is 45.5 Å². The van der Waals surface area contributed by atoms with Crippen molar-refractivity contribution in [3.8, 4) is 0 Å². The van der Waals surface area contributed by atoms with Gasteiger partial charge in [-0.05, 0) is 51.0 Å². The molecule has 0 aliphatic heterocycles. The van der Waals surface area contributed by atoms with Gasteiger partial charge in [-0.1, -0.05) is 12.1 Å². The Morgan fingerprint density at radius 3 is 2.69 bits per heavy atom. The fourth-order valence-electron chi connectivity index (χ4n) is 2.76. The number of benzene rings is 1. The Morgan fingerprint density at radius 2 is 2.08 bits per heavy atom. The molecule has 1 aromatic carbocycles. The number of aromatic nitrogens is 2. The maximum atomic E-state index is 13.3. The fourth-order valence-corrected chi connectivity index (χ4v) is 2.76. The minimum Gasteiger partial charge on any atom is -0.357 e. The third-order valence-corrected chi connectivity index (χ3v) is 3.90. The summed E-state index contributed by atoms with van der Waals surface area (Å²) in [5.74, 6) is 0.623. The lowest BCUT2D eigenvalue weighted by molar-refractivity contribution is 0.473. The van der Waals surface area contributed by atoms with Gasteiger partial charge in [0.15, 0.2) is 5.96 Å². The van der Waals surface area contributed by atoms with Gasteiger partial charge in [0.2, 0.25) is 0 Å². The molecule has 0 saturated heterocycles. The molecule has 0 atom stereocenters. The minimum atomic E-state index is -0.210. The molecule has 0 bridgehead atoms. The van der Waals surface area contributed by atoms with Crippen molar-refractivity contribution in [3.05, 3.63) is 53.1 Å². The van der Waals surface area contributed by atoms with E-state index in [1.807, 2.05) is 36.5 Å². The number of rotatable bonds is 7. The van der Waals surface area contributed by atoms with Gasteiger partial charge in [0.05, 0.1) is 5.69 Å². The van der Waals surface area contributed by atoms with Gasteiger partial charge in [-0.2, -0.15) is 5.10 Å². The van der Waals surface area contributed by atoms with Crippen LogP contribution in [0.15, 0.2) is 35.3 Å². The maximum Gasteiger partial charge on any atom is 0.193 e. The Morgan fingerprint density at radius 1 is 1.31 bits per heavy atom. The van der Waals surface area contributed by atoms with Crippen molar-refractivity contribution in [1.82, 2.24) is 20.0 Å². The highest BCUT2D eigenvalue weighted by Gasteiger charge is 2.07. The zero-order valence-electron chi connectivity index (χ0n) is 16.0. The van der Waals surface area contributed by atoms with Crippen molar-refractivity contribution in [2.75, 3.05) is 20.1 Å². The molecule has 1 heterocycles. The number of nitrogens with one attached hydrogen (secondary N) is 1. The molecule has 1 aromatic heterocycles. The highest BCUT2D eigenvalue weighted by Crippen LogP contribution is 2.07. The van der Waals surface area contributed by atoms with Gasteiger partial charge in [0, 0.05) is 38.9 Å². The second-order valence-electron chi connectivity index (χ2n) is 6.23. The average molecular weight is 473 g/mol. The minimum absolute atomic E-state index is 0. The van der Waals surface area contributed by atoms with E-state index in [9.17, 15) is 4.39 Å². The second-order valence-corrected chi connectivity index (χ2v) is 6.23. The molecule has 0 aliphatic rings. The molecule has 144 valence electrons. The number of nitrogens with zero attached hydrogens (tertiary/aromatic N) is 4. The lowest BCUT2D eigenvalue weighted by atomic mass is 10.2. The lowest BCUT2D eigenvalue weighted by Crippen LogP contribution is -2.38. The van der Waals surface area contributed by atoms with Crippen LogP contribution in [0.4, 0.5) is 4.39 Å². The number of guanidine groups is 1. The summed E-state index contributed by atoms with van der Waals surface area (Å²) in [6.45, 7) is 9.10. The van der Waals surface area contributed by atoms with Crippen LogP contribution in [0.25, 0.3) is 0 Å². The Balaban J connectivity index is 0.00000338. The van der Waals surface area contributed by atoms with Crippen molar-refractivity contribution < 1.29 is 4.39 Å². The van der Waals surface area contributed by atoms with Gasteiger partial charge in [0.1, 0.15) is 5.82 Å². The highest BCUT2D eigenvalue weighted by molar-refractivity contribution is 14.0. The summed E-state index contributed by atoms with van der Waals surface area (Å²) in [6.07, 6.45) is 0.921. The molecule has 1 N–H and O–H groups in total. The summed E-state index contributed by atoms with van der Waals surface area (Å²) in [5.41, 5.74) is 3.15. The van der Waals surface area contributed by atoms with E-state index in [1.165, 1.54) is 11.8 Å². The molecule has 26 heavy (non-hydrogen) atoms. The standard InChI is InChI=1S/C19H28FN5.HI/c1-5-21-19(24(4)14-17-8-6-9-18(20)13-17)22-10-7-11-25-16(3)12-15(2)23-25;/h6,8-9,12-13H,5,7,10-11,14H2,1-4H3,(H,21,22);1H. The lowest BCUT2D eigenvalue weighted by Gasteiger charge is -2.22. The van der Waals surface area contributed by atoms with E-state index in [1.54, 1.807) is 12.1 Å². The molecule has 0 radical (unpaired) electrons. The summed E-state index contributed by atoms with van der Waals surface area (Å²) in [4.78, 5) is 6.70. The van der Waals surface area contributed by atoms with Crippen LogP contribution < -0.4 is 5.32 Å². The number of hydrogen-bond donors (Lipinski definition) is 1. The quantitative estimate of drug-likeness (QED) is 0.289. The van der Waals surface area contributed by atoms with Crippen LogP contribution in [0.5, 0.6) is 0 Å². The van der Waals surface area contributed by atoms with Crippen LogP contribution >= 0.6 is 24.0 Å². The first-order chi connectivity index (χ1) is 12.0. The van der Waals surface area contributed by atoms with Crippen LogP contribution in [0.2, 0.25) is 0 Å². The molecule has 2 rings (SSSR count). The Hall–Kier alpha value is -1.64. The van der Waals surface area contributed by atoms with Gasteiger partial charge in [-0.3, -0.25) is 9.67 Å². The van der Waals surface area contributed by atoms with E-state index < -0.39 is 0 Å². The summed E-state index contributed by atoms with van der Waals surface area (Å²) < 4.78 is 15.4. The van der Waals surface area contributed by atoms with Gasteiger partial charge >= 0.3 is 0 Å². The van der Waals surface area contributed by atoms with Crippen LogP contribution in [-0.2, 0) is 13.1 Å². The monoisotopic (exact) mass is 473 g/mol. The number of aryl methyl sites for hydroxylation is 3. The fraction of sp³-hybridized carbons (Fsp3) is 0.474. The molecule has 0 fully saturated rings. The first-order valence-electron chi connectivity index (χ1n) is 8.74. The molecule has 5 nitrogen and oxygen atoms in total. The summed E-state index contributed by atoms with van der Waals surface area (Å²) >= 11 is 0. The number of aliphatic imine (C=N–C) groups is 1. The van der Waals surface area contributed by atoms with Crippen molar-refractivity contribution in [2.24, 2.45) is 4.99 Å². The van der Waals surface area contributed by atoms with E-state index in [4.69, 9.17) is 0 Å². The van der Waals surface area contributed by atoms with E-state index in [0.29, 0.717) is 13.1 Å². The summed E-state index contributed by atoms with van der Waals surface area (Å²) in [7, 11) is 1.97. The predicted octanol–water partition coefficient (Wildman–Crippen LogP) is 3.74. The number of halogens is 2. The molecule has 0 unspecified atom stereocenters. The Labute approximate surface area is 172 Å². The third kappa shape index (κ3) is 6.93. The smallest absolute Gasteiger partial charge is 0.193 e. The summed E-state index contributed by atoms with van der Waals surface area (Å²) in [5, 5.41) is 7.76. The van der Waals surface area contributed by atoms with Crippen molar-refractivity contribution >= 4 is 29.9 Å². The Kier molecular flexibility index (Phi) is 9.61. The normalized spacial score (nSPS) is 11.2. The van der Waals surface area contributed by atoms with Crippen LogP contribution in [0, 0.1) is 19.7 Å². The Bertz CT molecular complexity index is 714. The van der Waals surface area contributed by atoms with Crippen molar-refractivity contribution in [2.45, 2.75) is 40.3 Å². The number of hydrogen-bond acceptors (Lipinski definition) is 2. The molecule has 2 aromatic rings. The van der Waals surface area contributed by atoms with E-state index in [2.05, 4.69) is 28.4 Å². The van der Waals surface area contributed by atoms with Gasteiger partial charge in [-0.15, -0.1) is 24.0 Å². The molecule has 0 spiro atoms. The largest absolute Gasteiger partial charge is 0.357 e. The molecule has 0 aliphatic carbocycles. The second kappa shape index (κ2) is 11.2. The average Bonchev–Trinajstić information content (AvgIpc) is 2.88. The maximum absolute atomic E-state index is 13.3.